The van der Waals surface area contributed by atoms with Gasteiger partial charge in [-0.1, -0.05) is 6.07 Å². The summed E-state index contributed by atoms with van der Waals surface area (Å²) < 4.78 is 26.3. The number of amides is 1. The summed E-state index contributed by atoms with van der Waals surface area (Å²) in [6.07, 6.45) is 0. The minimum absolute atomic E-state index is 0.188. The Morgan fingerprint density at radius 2 is 1.58 bits per heavy atom. The summed E-state index contributed by atoms with van der Waals surface area (Å²) >= 11 is 0. The van der Waals surface area contributed by atoms with Crippen LogP contribution in [0, 0.1) is 25.5 Å². The van der Waals surface area contributed by atoms with E-state index in [2.05, 4.69) is 36.9 Å². The number of carbonyl (C=O) groups is 1. The maximum absolute atomic E-state index is 13.3. The molecule has 0 unspecified atom stereocenters. The summed E-state index contributed by atoms with van der Waals surface area (Å²) in [5, 5.41) is 0. The van der Waals surface area contributed by atoms with Crippen LogP contribution >= 0.6 is 0 Å². The fourth-order valence-corrected chi connectivity index (χ4v) is 2.90. The third-order valence-corrected chi connectivity index (χ3v) is 4.59. The second-order valence-electron chi connectivity index (χ2n) is 6.18. The van der Waals surface area contributed by atoms with Crippen LogP contribution in [-0.4, -0.2) is 37.0 Å². The van der Waals surface area contributed by atoms with Gasteiger partial charge in [0, 0.05) is 37.4 Å². The van der Waals surface area contributed by atoms with Gasteiger partial charge >= 0.3 is 0 Å². The molecule has 0 N–H and O–H groups in total. The van der Waals surface area contributed by atoms with Gasteiger partial charge in [-0.25, -0.2) is 8.78 Å². The average Bonchev–Trinajstić information content (AvgIpc) is 2.59. The van der Waals surface area contributed by atoms with Crippen molar-refractivity contribution in [3.63, 3.8) is 0 Å². The Labute approximate surface area is 140 Å². The van der Waals surface area contributed by atoms with E-state index in [0.29, 0.717) is 13.1 Å². The Hall–Kier alpha value is -2.43. The first-order valence-corrected chi connectivity index (χ1v) is 8.02. The number of carbonyl (C=O) groups excluding carboxylic acids is 1. The van der Waals surface area contributed by atoms with Crippen LogP contribution in [0.4, 0.5) is 14.5 Å². The van der Waals surface area contributed by atoms with Crippen LogP contribution < -0.4 is 4.90 Å². The number of nitrogens with zero attached hydrogens (tertiary/aromatic N) is 2. The van der Waals surface area contributed by atoms with E-state index >= 15 is 0 Å². The summed E-state index contributed by atoms with van der Waals surface area (Å²) in [5.74, 6) is -2.19. The molecule has 3 rings (SSSR count). The molecular weight excluding hydrogens is 310 g/mol. The predicted octanol–water partition coefficient (Wildman–Crippen LogP) is 3.54. The number of rotatable bonds is 2. The SMILES string of the molecule is Cc1ccc(N2CCN(C(=O)c3ccc(F)c(F)c3)CC2)cc1C. The predicted molar refractivity (Wildman–Crippen MR) is 90.4 cm³/mol. The van der Waals surface area contributed by atoms with Gasteiger partial charge in [0.05, 0.1) is 0 Å². The molecule has 2 aromatic rings. The normalized spacial score (nSPS) is 14.8. The van der Waals surface area contributed by atoms with Gasteiger partial charge in [0.15, 0.2) is 11.6 Å². The smallest absolute Gasteiger partial charge is 0.254 e. The Kier molecular flexibility index (Phi) is 4.51. The number of hydrogen-bond acceptors (Lipinski definition) is 2. The Morgan fingerprint density at radius 1 is 0.875 bits per heavy atom. The molecule has 0 saturated carbocycles. The zero-order chi connectivity index (χ0) is 17.3. The van der Waals surface area contributed by atoms with Crippen molar-refractivity contribution in [2.75, 3.05) is 31.1 Å². The first kappa shape index (κ1) is 16.4. The van der Waals surface area contributed by atoms with Crippen LogP contribution in [0.1, 0.15) is 21.5 Å². The molecule has 126 valence electrons. The molecule has 0 bridgehead atoms. The third-order valence-electron chi connectivity index (χ3n) is 4.59. The van der Waals surface area contributed by atoms with Crippen molar-refractivity contribution in [2.24, 2.45) is 0 Å². The van der Waals surface area contributed by atoms with Crippen LogP contribution in [-0.2, 0) is 0 Å². The molecule has 5 heteroatoms. The highest BCUT2D eigenvalue weighted by Crippen LogP contribution is 2.21. The number of aryl methyl sites for hydroxylation is 2. The third kappa shape index (κ3) is 3.25. The number of piperazine rings is 1. The number of anilines is 1. The highest BCUT2D eigenvalue weighted by atomic mass is 19.2. The maximum Gasteiger partial charge on any atom is 0.254 e. The average molecular weight is 330 g/mol. The lowest BCUT2D eigenvalue weighted by Gasteiger charge is -2.36. The van der Waals surface area contributed by atoms with Crippen molar-refractivity contribution in [3.8, 4) is 0 Å². The van der Waals surface area contributed by atoms with Crippen LogP contribution in [0.25, 0.3) is 0 Å². The summed E-state index contributed by atoms with van der Waals surface area (Å²) in [6.45, 7) is 6.73. The van der Waals surface area contributed by atoms with Crippen molar-refractivity contribution in [1.29, 1.82) is 0 Å². The molecule has 0 aromatic heterocycles. The zero-order valence-corrected chi connectivity index (χ0v) is 13.9. The number of hydrogen-bond donors (Lipinski definition) is 0. The van der Waals surface area contributed by atoms with Crippen LogP contribution in [0.2, 0.25) is 0 Å². The second kappa shape index (κ2) is 6.59. The quantitative estimate of drug-likeness (QED) is 0.841. The topological polar surface area (TPSA) is 23.6 Å². The lowest BCUT2D eigenvalue weighted by atomic mass is 10.1. The minimum atomic E-state index is -0.991. The molecule has 0 radical (unpaired) electrons. The molecule has 0 spiro atoms. The molecule has 1 amide bonds. The molecule has 0 atom stereocenters. The largest absolute Gasteiger partial charge is 0.368 e. The van der Waals surface area contributed by atoms with Gasteiger partial charge in [0.2, 0.25) is 0 Å². The fourth-order valence-electron chi connectivity index (χ4n) is 2.90. The molecule has 2 aromatic carbocycles. The van der Waals surface area contributed by atoms with Gasteiger partial charge in [0.25, 0.3) is 5.91 Å². The van der Waals surface area contributed by atoms with Gasteiger partial charge < -0.3 is 9.80 Å². The molecule has 24 heavy (non-hydrogen) atoms. The van der Waals surface area contributed by atoms with Gasteiger partial charge in [-0.3, -0.25) is 4.79 Å². The van der Waals surface area contributed by atoms with E-state index in [1.165, 1.54) is 17.2 Å². The Balaban J connectivity index is 1.66. The standard InChI is InChI=1S/C19H20F2N2O/c1-13-3-5-16(11-14(13)2)22-7-9-23(10-8-22)19(24)15-4-6-17(20)18(21)12-15/h3-6,11-12H,7-10H2,1-2H3. The van der Waals surface area contributed by atoms with Gasteiger partial charge in [-0.15, -0.1) is 0 Å². The molecule has 1 aliphatic rings. The molecular formula is C19H20F2N2O. The lowest BCUT2D eigenvalue weighted by molar-refractivity contribution is 0.0746. The van der Waals surface area contributed by atoms with Gasteiger partial charge in [-0.2, -0.15) is 0 Å². The van der Waals surface area contributed by atoms with Crippen molar-refractivity contribution in [2.45, 2.75) is 13.8 Å². The lowest BCUT2D eigenvalue weighted by Crippen LogP contribution is -2.48. The van der Waals surface area contributed by atoms with E-state index in [9.17, 15) is 13.6 Å². The Bertz CT molecular complexity index is 768. The fraction of sp³-hybridized carbons (Fsp3) is 0.316. The summed E-state index contributed by atoms with van der Waals surface area (Å²) in [6, 6.07) is 9.64. The number of halogens is 2. The van der Waals surface area contributed by atoms with Crippen molar-refractivity contribution in [3.05, 3.63) is 64.7 Å². The second-order valence-corrected chi connectivity index (χ2v) is 6.18. The van der Waals surface area contributed by atoms with Gasteiger partial charge in [0.1, 0.15) is 0 Å². The molecule has 3 nitrogen and oxygen atoms in total. The molecule has 1 saturated heterocycles. The van der Waals surface area contributed by atoms with E-state index < -0.39 is 11.6 Å². The van der Waals surface area contributed by atoms with Crippen molar-refractivity contribution < 1.29 is 13.6 Å². The monoisotopic (exact) mass is 330 g/mol. The molecule has 1 fully saturated rings. The maximum atomic E-state index is 13.3. The highest BCUT2D eigenvalue weighted by Gasteiger charge is 2.23. The van der Waals surface area contributed by atoms with E-state index in [1.54, 1.807) is 4.90 Å². The van der Waals surface area contributed by atoms with E-state index in [4.69, 9.17) is 0 Å². The van der Waals surface area contributed by atoms with Crippen LogP contribution in [0.15, 0.2) is 36.4 Å². The van der Waals surface area contributed by atoms with E-state index in [-0.39, 0.29) is 11.5 Å². The van der Waals surface area contributed by atoms with E-state index in [0.717, 1.165) is 30.9 Å². The minimum Gasteiger partial charge on any atom is -0.368 e. The van der Waals surface area contributed by atoms with E-state index in [1.807, 2.05) is 0 Å². The van der Waals surface area contributed by atoms with Crippen LogP contribution in [0.3, 0.4) is 0 Å². The first-order chi connectivity index (χ1) is 11.5. The zero-order valence-electron chi connectivity index (χ0n) is 13.9. The van der Waals surface area contributed by atoms with Crippen LogP contribution in [0.5, 0.6) is 0 Å². The molecule has 0 aliphatic carbocycles. The Morgan fingerprint density at radius 3 is 2.21 bits per heavy atom. The van der Waals surface area contributed by atoms with Crippen molar-refractivity contribution in [1.82, 2.24) is 4.90 Å². The molecule has 1 aliphatic heterocycles. The summed E-state index contributed by atoms with van der Waals surface area (Å²) in [7, 11) is 0. The number of benzene rings is 2. The summed E-state index contributed by atoms with van der Waals surface area (Å²) in [5.41, 5.74) is 3.84. The first-order valence-electron chi connectivity index (χ1n) is 8.02. The van der Waals surface area contributed by atoms with Crippen molar-refractivity contribution >= 4 is 11.6 Å². The molecule has 1 heterocycles. The van der Waals surface area contributed by atoms with Gasteiger partial charge in [-0.05, 0) is 55.3 Å². The summed E-state index contributed by atoms with van der Waals surface area (Å²) in [4.78, 5) is 16.3. The highest BCUT2D eigenvalue weighted by molar-refractivity contribution is 5.94.